The van der Waals surface area contributed by atoms with Gasteiger partial charge in [0.05, 0.1) is 5.52 Å². The van der Waals surface area contributed by atoms with Gasteiger partial charge in [-0.1, -0.05) is 30.3 Å². The number of carbonyl (C=O) groups is 1. The third-order valence-electron chi connectivity index (χ3n) is 4.31. The number of fused-ring (bicyclic) bond motifs is 1. The molecular formula is C19H23N5O2. The van der Waals surface area contributed by atoms with Crippen molar-refractivity contribution in [2.24, 2.45) is 0 Å². The van der Waals surface area contributed by atoms with Crippen molar-refractivity contribution in [3.05, 3.63) is 53.3 Å². The second kappa shape index (κ2) is 7.95. The van der Waals surface area contributed by atoms with Crippen LogP contribution in [0.4, 0.5) is 4.79 Å². The van der Waals surface area contributed by atoms with Gasteiger partial charge in [-0.05, 0) is 31.0 Å². The van der Waals surface area contributed by atoms with Crippen molar-refractivity contribution >= 4 is 16.9 Å². The lowest BCUT2D eigenvalue weighted by molar-refractivity contribution is 0.189. The number of aromatic nitrogens is 3. The number of nitrogens with zero attached hydrogens (tertiary/aromatic N) is 4. The number of nitrogens with one attached hydrogen (secondary N) is 1. The molecule has 2 heterocycles. The summed E-state index contributed by atoms with van der Waals surface area (Å²) in [7, 11) is 0. The molecule has 7 heteroatoms. The highest BCUT2D eigenvalue weighted by atomic mass is 16.5. The van der Waals surface area contributed by atoms with Crippen LogP contribution in [0.25, 0.3) is 10.9 Å². The molecule has 0 aliphatic heterocycles. The average Bonchev–Trinajstić information content (AvgIpc) is 3.13. The summed E-state index contributed by atoms with van der Waals surface area (Å²) in [6, 6.07) is 7.83. The van der Waals surface area contributed by atoms with Crippen LogP contribution in [-0.4, -0.2) is 32.6 Å². The second-order valence-corrected chi connectivity index (χ2v) is 6.07. The lowest BCUT2D eigenvalue weighted by atomic mass is 10.0. The summed E-state index contributed by atoms with van der Waals surface area (Å²) in [6.07, 6.45) is 2.49. The van der Waals surface area contributed by atoms with Gasteiger partial charge >= 0.3 is 6.03 Å². The van der Waals surface area contributed by atoms with Gasteiger partial charge in [0.15, 0.2) is 5.82 Å². The molecule has 0 radical (unpaired) electrons. The molecule has 0 aliphatic rings. The maximum atomic E-state index is 12.5. The number of pyridine rings is 1. The Bertz CT molecular complexity index is 906. The van der Waals surface area contributed by atoms with Crippen molar-refractivity contribution in [1.29, 1.82) is 0 Å². The molecule has 1 aromatic carbocycles. The summed E-state index contributed by atoms with van der Waals surface area (Å²) in [5.41, 5.74) is 3.12. The summed E-state index contributed by atoms with van der Waals surface area (Å²) < 4.78 is 5.18. The summed E-state index contributed by atoms with van der Waals surface area (Å²) in [5, 5.41) is 7.89. The number of aryl methyl sites for hydroxylation is 2. The number of amides is 2. The molecule has 0 unspecified atom stereocenters. The Morgan fingerprint density at radius 1 is 1.27 bits per heavy atom. The molecule has 136 valence electrons. The van der Waals surface area contributed by atoms with Gasteiger partial charge < -0.3 is 14.7 Å². The molecule has 0 atom stereocenters. The molecular weight excluding hydrogens is 330 g/mol. The number of hydrogen-bond acceptors (Lipinski definition) is 5. The molecule has 0 aliphatic carbocycles. The molecule has 3 aromatic rings. The lowest BCUT2D eigenvalue weighted by Crippen LogP contribution is -2.39. The van der Waals surface area contributed by atoms with Crippen molar-refractivity contribution in [2.45, 2.75) is 40.3 Å². The Labute approximate surface area is 152 Å². The van der Waals surface area contributed by atoms with Crippen molar-refractivity contribution in [3.63, 3.8) is 0 Å². The normalized spacial score (nSPS) is 10.9. The van der Waals surface area contributed by atoms with Gasteiger partial charge in [0.2, 0.25) is 5.89 Å². The quantitative estimate of drug-likeness (QED) is 0.735. The number of rotatable bonds is 6. The van der Waals surface area contributed by atoms with Crippen LogP contribution >= 0.6 is 0 Å². The number of carbonyl (C=O) groups excluding carboxylic acids is 1. The minimum Gasteiger partial charge on any atom is -0.337 e. The molecule has 2 aromatic heterocycles. The van der Waals surface area contributed by atoms with Crippen LogP contribution in [0.3, 0.4) is 0 Å². The van der Waals surface area contributed by atoms with Gasteiger partial charge in [-0.3, -0.25) is 4.98 Å². The summed E-state index contributed by atoms with van der Waals surface area (Å²) in [4.78, 5) is 22.9. The van der Waals surface area contributed by atoms with Crippen molar-refractivity contribution < 1.29 is 9.32 Å². The predicted molar refractivity (Wildman–Crippen MR) is 98.5 cm³/mol. The summed E-state index contributed by atoms with van der Waals surface area (Å²) in [6.45, 7) is 7.19. The van der Waals surface area contributed by atoms with E-state index in [-0.39, 0.29) is 6.03 Å². The minimum absolute atomic E-state index is 0.165. The molecule has 0 saturated heterocycles. The predicted octanol–water partition coefficient (Wildman–Crippen LogP) is 3.22. The van der Waals surface area contributed by atoms with E-state index in [1.54, 1.807) is 11.1 Å². The Morgan fingerprint density at radius 3 is 2.85 bits per heavy atom. The van der Waals surface area contributed by atoms with Crippen molar-refractivity contribution in [2.75, 3.05) is 6.54 Å². The Balaban J connectivity index is 1.68. The monoisotopic (exact) mass is 353 g/mol. The Kier molecular flexibility index (Phi) is 5.46. The van der Waals surface area contributed by atoms with E-state index < -0.39 is 0 Å². The third-order valence-corrected chi connectivity index (χ3v) is 4.31. The maximum Gasteiger partial charge on any atom is 0.318 e. The molecule has 0 saturated carbocycles. The van der Waals surface area contributed by atoms with Gasteiger partial charge in [0.25, 0.3) is 0 Å². The zero-order chi connectivity index (χ0) is 18.5. The van der Waals surface area contributed by atoms with Crippen molar-refractivity contribution in [3.8, 4) is 0 Å². The molecule has 26 heavy (non-hydrogen) atoms. The van der Waals surface area contributed by atoms with Crippen LogP contribution in [0.15, 0.2) is 35.0 Å². The zero-order valence-corrected chi connectivity index (χ0v) is 15.3. The van der Waals surface area contributed by atoms with Gasteiger partial charge in [-0.2, -0.15) is 4.98 Å². The minimum atomic E-state index is -0.165. The van der Waals surface area contributed by atoms with Gasteiger partial charge in [0.1, 0.15) is 6.54 Å². The summed E-state index contributed by atoms with van der Waals surface area (Å²) in [5.74, 6) is 1.10. The number of benzene rings is 1. The molecule has 0 fully saturated rings. The molecule has 2 amide bonds. The third kappa shape index (κ3) is 3.82. The maximum absolute atomic E-state index is 12.5. The van der Waals surface area contributed by atoms with Gasteiger partial charge in [-0.25, -0.2) is 4.79 Å². The first-order valence-electron chi connectivity index (χ1n) is 8.79. The first-order chi connectivity index (χ1) is 12.6. The molecule has 7 nitrogen and oxygen atoms in total. The van der Waals surface area contributed by atoms with E-state index in [2.05, 4.69) is 20.4 Å². The van der Waals surface area contributed by atoms with Gasteiger partial charge in [0, 0.05) is 31.1 Å². The first kappa shape index (κ1) is 17.8. The van der Waals surface area contributed by atoms with E-state index in [9.17, 15) is 4.79 Å². The molecule has 1 N–H and O–H groups in total. The smallest absolute Gasteiger partial charge is 0.318 e. The van der Waals surface area contributed by atoms with E-state index in [4.69, 9.17) is 4.52 Å². The van der Waals surface area contributed by atoms with E-state index in [0.717, 1.165) is 22.0 Å². The van der Waals surface area contributed by atoms with E-state index in [0.29, 0.717) is 37.8 Å². The first-order valence-corrected chi connectivity index (χ1v) is 8.79. The topological polar surface area (TPSA) is 84.2 Å². The van der Waals surface area contributed by atoms with E-state index in [1.165, 1.54) is 0 Å². The van der Waals surface area contributed by atoms with Crippen LogP contribution in [-0.2, 0) is 19.5 Å². The molecule has 0 spiro atoms. The van der Waals surface area contributed by atoms with Crippen molar-refractivity contribution in [1.82, 2.24) is 25.3 Å². The van der Waals surface area contributed by atoms with E-state index >= 15 is 0 Å². The zero-order valence-electron chi connectivity index (χ0n) is 15.3. The summed E-state index contributed by atoms with van der Waals surface area (Å²) >= 11 is 0. The fourth-order valence-electron chi connectivity index (χ4n) is 2.80. The Hall–Kier alpha value is -2.96. The average molecular weight is 353 g/mol. The second-order valence-electron chi connectivity index (χ2n) is 6.07. The van der Waals surface area contributed by atoms with Crippen LogP contribution in [0, 0.1) is 6.92 Å². The molecule has 3 rings (SSSR count). The largest absolute Gasteiger partial charge is 0.337 e. The highest BCUT2D eigenvalue weighted by Crippen LogP contribution is 2.20. The van der Waals surface area contributed by atoms with Gasteiger partial charge in [-0.15, -0.1) is 0 Å². The number of urea groups is 1. The van der Waals surface area contributed by atoms with Crippen LogP contribution < -0.4 is 5.32 Å². The SMILES string of the molecule is CCc1noc(CN(CC)C(=O)NCc2ccc(C)c3ncccc23)n1. The number of hydrogen-bond donors (Lipinski definition) is 1. The fraction of sp³-hybridized carbons (Fsp3) is 0.368. The molecule has 0 bridgehead atoms. The fourth-order valence-corrected chi connectivity index (χ4v) is 2.80. The Morgan fingerprint density at radius 2 is 2.12 bits per heavy atom. The van der Waals surface area contributed by atoms with Crippen LogP contribution in [0.2, 0.25) is 0 Å². The highest BCUT2D eigenvalue weighted by Gasteiger charge is 2.16. The van der Waals surface area contributed by atoms with Crippen LogP contribution in [0.5, 0.6) is 0 Å². The van der Waals surface area contributed by atoms with E-state index in [1.807, 2.05) is 45.0 Å². The lowest BCUT2D eigenvalue weighted by Gasteiger charge is -2.20. The standard InChI is InChI=1S/C19H23N5O2/c1-4-16-22-17(26-23-16)12-24(5-2)19(25)21-11-14-9-8-13(3)18-15(14)7-6-10-20-18/h6-10H,4-5,11-12H2,1-3H3,(H,21,25). The highest BCUT2D eigenvalue weighted by molar-refractivity contribution is 5.85. The van der Waals surface area contributed by atoms with Crippen LogP contribution in [0.1, 0.15) is 36.7 Å².